The van der Waals surface area contributed by atoms with Crippen LogP contribution in [0.4, 0.5) is 0 Å². The van der Waals surface area contributed by atoms with Gasteiger partial charge in [-0.25, -0.2) is 0 Å². The van der Waals surface area contributed by atoms with Gasteiger partial charge in [0.05, 0.1) is 0 Å². The van der Waals surface area contributed by atoms with Crippen molar-refractivity contribution in [3.05, 3.63) is 0 Å². The van der Waals surface area contributed by atoms with Gasteiger partial charge >= 0.3 is 0 Å². The fourth-order valence-electron chi connectivity index (χ4n) is 1.12. The molecule has 0 spiro atoms. The molecule has 3 N–H and O–H groups in total. The number of carbonyl (C=O) groups is 1. The molecule has 0 saturated heterocycles. The van der Waals surface area contributed by atoms with E-state index in [0.29, 0.717) is 18.9 Å². The van der Waals surface area contributed by atoms with E-state index in [2.05, 4.69) is 10.6 Å². The first-order valence-electron chi connectivity index (χ1n) is 5.22. The second-order valence-corrected chi connectivity index (χ2v) is 3.63. The zero-order valence-corrected chi connectivity index (χ0v) is 9.18. The standard InChI is InChI=1S/C10H22N2O2/c1-9(5-7-13)8-12-10(14)4-3-6-11-2/h9,11,13H,3-8H2,1-2H3,(H,12,14). The molecule has 1 atom stereocenters. The molecule has 0 aromatic carbocycles. The maximum absolute atomic E-state index is 11.2. The lowest BCUT2D eigenvalue weighted by Gasteiger charge is -2.10. The highest BCUT2D eigenvalue weighted by molar-refractivity contribution is 5.75. The minimum absolute atomic E-state index is 0.102. The Morgan fingerprint density at radius 1 is 1.50 bits per heavy atom. The van der Waals surface area contributed by atoms with Crippen molar-refractivity contribution in [2.24, 2.45) is 5.92 Å². The second-order valence-electron chi connectivity index (χ2n) is 3.63. The molecule has 0 aromatic rings. The molecule has 0 bridgehead atoms. The lowest BCUT2D eigenvalue weighted by molar-refractivity contribution is -0.121. The van der Waals surface area contributed by atoms with Crippen LogP contribution < -0.4 is 10.6 Å². The first-order valence-corrected chi connectivity index (χ1v) is 5.22. The van der Waals surface area contributed by atoms with E-state index in [1.807, 2.05) is 14.0 Å². The normalized spacial score (nSPS) is 12.5. The number of hydrogen-bond donors (Lipinski definition) is 3. The fourth-order valence-corrected chi connectivity index (χ4v) is 1.12. The van der Waals surface area contributed by atoms with Crippen LogP contribution in [-0.4, -0.2) is 37.8 Å². The van der Waals surface area contributed by atoms with Crippen molar-refractivity contribution in [1.29, 1.82) is 0 Å². The molecule has 4 nitrogen and oxygen atoms in total. The Morgan fingerprint density at radius 3 is 2.79 bits per heavy atom. The van der Waals surface area contributed by atoms with Crippen LogP contribution in [0.3, 0.4) is 0 Å². The number of aliphatic hydroxyl groups excluding tert-OH is 1. The second kappa shape index (κ2) is 8.97. The lowest BCUT2D eigenvalue weighted by Crippen LogP contribution is -2.29. The minimum Gasteiger partial charge on any atom is -0.396 e. The van der Waals surface area contributed by atoms with Crippen molar-refractivity contribution in [1.82, 2.24) is 10.6 Å². The van der Waals surface area contributed by atoms with Crippen molar-refractivity contribution in [2.75, 3.05) is 26.7 Å². The van der Waals surface area contributed by atoms with Crippen molar-refractivity contribution in [3.63, 3.8) is 0 Å². The summed E-state index contributed by atoms with van der Waals surface area (Å²) in [5.41, 5.74) is 0. The van der Waals surface area contributed by atoms with Gasteiger partial charge in [-0.15, -0.1) is 0 Å². The molecule has 0 aliphatic carbocycles. The predicted molar refractivity (Wildman–Crippen MR) is 57.0 cm³/mol. The molecule has 1 amide bonds. The van der Waals surface area contributed by atoms with Gasteiger partial charge in [0.15, 0.2) is 0 Å². The zero-order valence-electron chi connectivity index (χ0n) is 9.18. The highest BCUT2D eigenvalue weighted by Gasteiger charge is 2.04. The van der Waals surface area contributed by atoms with Crippen LogP contribution in [0.25, 0.3) is 0 Å². The monoisotopic (exact) mass is 202 g/mol. The first-order chi connectivity index (χ1) is 6.70. The average Bonchev–Trinajstić information content (AvgIpc) is 2.16. The molecule has 0 aliphatic heterocycles. The summed E-state index contributed by atoms with van der Waals surface area (Å²) in [7, 11) is 1.88. The summed E-state index contributed by atoms with van der Waals surface area (Å²) in [4.78, 5) is 11.2. The van der Waals surface area contributed by atoms with Crippen molar-refractivity contribution >= 4 is 5.91 Å². The van der Waals surface area contributed by atoms with Gasteiger partial charge in [0, 0.05) is 19.6 Å². The molecular formula is C10H22N2O2. The SMILES string of the molecule is CNCCCC(=O)NCC(C)CCO. The van der Waals surface area contributed by atoms with E-state index in [1.165, 1.54) is 0 Å². The Bertz CT molecular complexity index is 151. The number of hydrogen-bond acceptors (Lipinski definition) is 3. The smallest absolute Gasteiger partial charge is 0.220 e. The molecule has 0 heterocycles. The van der Waals surface area contributed by atoms with Gasteiger partial charge < -0.3 is 15.7 Å². The summed E-state index contributed by atoms with van der Waals surface area (Å²) in [6.07, 6.45) is 2.19. The molecule has 0 rings (SSSR count). The molecule has 0 radical (unpaired) electrons. The minimum atomic E-state index is 0.102. The number of nitrogens with one attached hydrogen (secondary N) is 2. The van der Waals surface area contributed by atoms with Crippen LogP contribution in [0, 0.1) is 5.92 Å². The zero-order chi connectivity index (χ0) is 10.8. The van der Waals surface area contributed by atoms with Crippen LogP contribution in [0.5, 0.6) is 0 Å². The summed E-state index contributed by atoms with van der Waals surface area (Å²) >= 11 is 0. The Hall–Kier alpha value is -0.610. The highest BCUT2D eigenvalue weighted by Crippen LogP contribution is 1.98. The Balaban J connectivity index is 3.34. The first kappa shape index (κ1) is 13.4. The van der Waals surface area contributed by atoms with Crippen molar-refractivity contribution in [3.8, 4) is 0 Å². The maximum Gasteiger partial charge on any atom is 0.220 e. The van der Waals surface area contributed by atoms with E-state index in [0.717, 1.165) is 19.4 Å². The van der Waals surface area contributed by atoms with E-state index < -0.39 is 0 Å². The third kappa shape index (κ3) is 8.01. The molecule has 0 fully saturated rings. The average molecular weight is 202 g/mol. The van der Waals surface area contributed by atoms with E-state index in [9.17, 15) is 4.79 Å². The summed E-state index contributed by atoms with van der Waals surface area (Å²) in [6, 6.07) is 0. The van der Waals surface area contributed by atoms with E-state index in [-0.39, 0.29) is 12.5 Å². The van der Waals surface area contributed by atoms with Gasteiger partial charge in [-0.3, -0.25) is 4.79 Å². The van der Waals surface area contributed by atoms with Gasteiger partial charge in [-0.05, 0) is 32.4 Å². The lowest BCUT2D eigenvalue weighted by atomic mass is 10.1. The van der Waals surface area contributed by atoms with Gasteiger partial charge in [-0.2, -0.15) is 0 Å². The predicted octanol–water partition coefficient (Wildman–Crippen LogP) is 0.121. The molecule has 0 saturated carbocycles. The Morgan fingerprint density at radius 2 is 2.21 bits per heavy atom. The number of rotatable bonds is 8. The van der Waals surface area contributed by atoms with E-state index >= 15 is 0 Å². The summed E-state index contributed by atoms with van der Waals surface area (Å²) in [6.45, 7) is 3.75. The molecule has 1 unspecified atom stereocenters. The Labute approximate surface area is 86.1 Å². The molecular weight excluding hydrogens is 180 g/mol. The quantitative estimate of drug-likeness (QED) is 0.490. The van der Waals surface area contributed by atoms with Gasteiger partial charge in [0.1, 0.15) is 0 Å². The molecule has 0 aromatic heterocycles. The number of amides is 1. The van der Waals surface area contributed by atoms with Crippen LogP contribution in [0.1, 0.15) is 26.2 Å². The largest absolute Gasteiger partial charge is 0.396 e. The third-order valence-electron chi connectivity index (χ3n) is 2.10. The van der Waals surface area contributed by atoms with Crippen LogP contribution >= 0.6 is 0 Å². The number of aliphatic hydroxyl groups is 1. The highest BCUT2D eigenvalue weighted by atomic mass is 16.3. The van der Waals surface area contributed by atoms with Crippen molar-refractivity contribution < 1.29 is 9.90 Å². The topological polar surface area (TPSA) is 61.4 Å². The summed E-state index contributed by atoms with van der Waals surface area (Å²) < 4.78 is 0. The molecule has 0 aliphatic rings. The van der Waals surface area contributed by atoms with E-state index in [4.69, 9.17) is 5.11 Å². The van der Waals surface area contributed by atoms with Gasteiger partial charge in [-0.1, -0.05) is 6.92 Å². The van der Waals surface area contributed by atoms with Gasteiger partial charge in [0.25, 0.3) is 0 Å². The summed E-state index contributed by atoms with van der Waals surface area (Å²) in [5, 5.41) is 14.5. The molecule has 84 valence electrons. The van der Waals surface area contributed by atoms with Crippen molar-refractivity contribution in [2.45, 2.75) is 26.2 Å². The number of carbonyl (C=O) groups excluding carboxylic acids is 1. The van der Waals surface area contributed by atoms with Gasteiger partial charge in [0.2, 0.25) is 5.91 Å². The molecule has 4 heteroatoms. The Kier molecular flexibility index (Phi) is 8.57. The fraction of sp³-hybridized carbons (Fsp3) is 0.900. The summed E-state index contributed by atoms with van der Waals surface area (Å²) in [5.74, 6) is 0.457. The van der Waals surface area contributed by atoms with Crippen LogP contribution in [0.2, 0.25) is 0 Å². The van der Waals surface area contributed by atoms with E-state index in [1.54, 1.807) is 0 Å². The van der Waals surface area contributed by atoms with Crippen LogP contribution in [-0.2, 0) is 4.79 Å². The maximum atomic E-state index is 11.2. The van der Waals surface area contributed by atoms with Crippen LogP contribution in [0.15, 0.2) is 0 Å². The third-order valence-corrected chi connectivity index (χ3v) is 2.10. The molecule has 14 heavy (non-hydrogen) atoms.